The molecule has 2 aliphatic heterocycles. The minimum absolute atomic E-state index is 0.118. The molecule has 3 heterocycles. The monoisotopic (exact) mass is 686 g/mol. The first kappa shape index (κ1) is 31.9. The first-order valence-corrected chi connectivity index (χ1v) is 16.6. The number of hydrogen-bond acceptors (Lipinski definition) is 8. The molecule has 4 aromatic carbocycles. The fourth-order valence-corrected chi connectivity index (χ4v) is 7.63. The molecule has 0 saturated heterocycles. The molecule has 2 aliphatic rings. The SMILES string of the molecule is CC(=O)Oc1cc2c(c3ccccc13)C(CCl)CN2C(=O)c1cc(C(O)N2CC(CCl)c3c2cc(OC(C)=O)c2ccccc32)nn1C. The predicted molar refractivity (Wildman–Crippen MR) is 185 cm³/mol. The zero-order valence-electron chi connectivity index (χ0n) is 26.4. The van der Waals surface area contributed by atoms with E-state index in [9.17, 15) is 19.5 Å². The fourth-order valence-electron chi connectivity index (χ4n) is 7.13. The number of nitrogens with zero attached hydrogens (tertiary/aromatic N) is 4. The number of alkyl halides is 2. The van der Waals surface area contributed by atoms with Crippen molar-refractivity contribution < 1.29 is 29.0 Å². The summed E-state index contributed by atoms with van der Waals surface area (Å²) in [6.07, 6.45) is -1.24. The van der Waals surface area contributed by atoms with Crippen LogP contribution < -0.4 is 19.3 Å². The number of aliphatic hydroxyl groups excluding tert-OH is 1. The maximum Gasteiger partial charge on any atom is 0.308 e. The van der Waals surface area contributed by atoms with Gasteiger partial charge in [0.1, 0.15) is 22.9 Å². The Morgan fingerprint density at radius 1 is 0.812 bits per heavy atom. The summed E-state index contributed by atoms with van der Waals surface area (Å²) < 4.78 is 12.6. The van der Waals surface area contributed by atoms with Gasteiger partial charge in [-0.3, -0.25) is 19.1 Å². The Morgan fingerprint density at radius 3 is 1.85 bits per heavy atom. The Hall–Kier alpha value is -4.64. The molecular formula is C36H32Cl2N4O6. The van der Waals surface area contributed by atoms with E-state index in [1.54, 1.807) is 35.0 Å². The summed E-state index contributed by atoms with van der Waals surface area (Å²) >= 11 is 12.9. The van der Waals surface area contributed by atoms with Crippen LogP contribution in [-0.2, 0) is 16.6 Å². The lowest BCUT2D eigenvalue weighted by Gasteiger charge is -2.25. The van der Waals surface area contributed by atoms with E-state index >= 15 is 0 Å². The van der Waals surface area contributed by atoms with E-state index in [0.717, 1.165) is 32.7 Å². The van der Waals surface area contributed by atoms with E-state index in [1.807, 2.05) is 48.5 Å². The zero-order valence-corrected chi connectivity index (χ0v) is 28.0. The number of aromatic nitrogens is 2. The fraction of sp³-hybridized carbons (Fsp3) is 0.278. The number of amides is 1. The number of aryl methyl sites for hydroxylation is 1. The summed E-state index contributed by atoms with van der Waals surface area (Å²) in [5.74, 6) is -0.228. The molecule has 3 unspecified atom stereocenters. The van der Waals surface area contributed by atoms with Gasteiger partial charge in [0.15, 0.2) is 6.23 Å². The summed E-state index contributed by atoms with van der Waals surface area (Å²) in [6, 6.07) is 20.2. The minimum atomic E-state index is -1.24. The Morgan fingerprint density at radius 2 is 1.31 bits per heavy atom. The summed E-state index contributed by atoms with van der Waals surface area (Å²) in [6.45, 7) is 3.38. The van der Waals surface area contributed by atoms with Gasteiger partial charge >= 0.3 is 11.9 Å². The number of carbonyl (C=O) groups excluding carboxylic acids is 3. The normalized spacial score (nSPS) is 17.5. The van der Waals surface area contributed by atoms with Crippen LogP contribution in [-0.4, -0.2) is 57.6 Å². The topological polar surface area (TPSA) is 114 Å². The van der Waals surface area contributed by atoms with Crippen LogP contribution in [0.5, 0.6) is 11.5 Å². The smallest absolute Gasteiger partial charge is 0.308 e. The van der Waals surface area contributed by atoms with Crippen LogP contribution in [0.4, 0.5) is 11.4 Å². The van der Waals surface area contributed by atoms with E-state index in [1.165, 1.54) is 18.5 Å². The van der Waals surface area contributed by atoms with Crippen molar-refractivity contribution in [3.05, 3.63) is 89.2 Å². The third-order valence-electron chi connectivity index (χ3n) is 9.09. The first-order chi connectivity index (χ1) is 23.1. The van der Waals surface area contributed by atoms with Gasteiger partial charge in [0.25, 0.3) is 5.91 Å². The van der Waals surface area contributed by atoms with Gasteiger partial charge in [-0.2, -0.15) is 5.10 Å². The third-order valence-corrected chi connectivity index (χ3v) is 9.84. The van der Waals surface area contributed by atoms with Crippen molar-refractivity contribution in [3.8, 4) is 11.5 Å². The van der Waals surface area contributed by atoms with E-state index in [0.29, 0.717) is 41.8 Å². The van der Waals surface area contributed by atoms with Crippen molar-refractivity contribution in [2.45, 2.75) is 31.9 Å². The Balaban J connectivity index is 1.26. The summed E-state index contributed by atoms with van der Waals surface area (Å²) in [4.78, 5) is 41.6. The molecule has 0 radical (unpaired) electrons. The summed E-state index contributed by atoms with van der Waals surface area (Å²) in [5, 5.41) is 19.6. The zero-order chi connectivity index (χ0) is 33.9. The predicted octanol–water partition coefficient (Wildman–Crippen LogP) is 6.39. The van der Waals surface area contributed by atoms with Gasteiger partial charge < -0.3 is 24.4 Å². The van der Waals surface area contributed by atoms with Crippen LogP contribution in [0.1, 0.15) is 59.2 Å². The molecule has 0 aliphatic carbocycles. The Bertz CT molecular complexity index is 2130. The highest BCUT2D eigenvalue weighted by molar-refractivity contribution is 6.19. The number of ether oxygens (including phenoxy) is 2. The third kappa shape index (κ3) is 5.24. The number of esters is 2. The first-order valence-electron chi connectivity index (χ1n) is 15.5. The number of fused-ring (bicyclic) bond motifs is 6. The summed E-state index contributed by atoms with van der Waals surface area (Å²) in [7, 11) is 1.65. The van der Waals surface area contributed by atoms with Crippen molar-refractivity contribution in [3.63, 3.8) is 0 Å². The molecule has 1 amide bonds. The quantitative estimate of drug-likeness (QED) is 0.119. The standard InChI is InChI=1S/C36H32Cl2N4O6/c1-19(43)47-31-13-28-33(25-10-6-4-8-23(25)31)21(15-37)17-41(28)35(45)27-12-30(40(3)39-27)36(46)42-18-22(16-38)34-26-11-7-5-9-24(26)32(14-29(34)42)48-20(2)44/h4-14,21-22,35,45H,15-18H2,1-3H3. The van der Waals surface area contributed by atoms with Crippen molar-refractivity contribution in [1.82, 2.24) is 9.78 Å². The number of benzene rings is 4. The van der Waals surface area contributed by atoms with Gasteiger partial charge in [0.05, 0.1) is 5.69 Å². The second-order valence-electron chi connectivity index (χ2n) is 12.1. The van der Waals surface area contributed by atoms with Crippen molar-refractivity contribution >= 4 is 74.0 Å². The van der Waals surface area contributed by atoms with E-state index < -0.39 is 18.2 Å². The lowest BCUT2D eigenvalue weighted by Crippen LogP contribution is -2.31. The Labute approximate surface area is 286 Å². The van der Waals surface area contributed by atoms with E-state index in [2.05, 4.69) is 5.10 Å². The molecule has 0 bridgehead atoms. The van der Waals surface area contributed by atoms with Gasteiger partial charge in [0, 0.05) is 86.2 Å². The average Bonchev–Trinajstić information content (AvgIpc) is 3.77. The number of carbonyl (C=O) groups is 3. The van der Waals surface area contributed by atoms with Crippen LogP contribution in [0.3, 0.4) is 0 Å². The van der Waals surface area contributed by atoms with Crippen molar-refractivity contribution in [2.75, 3.05) is 34.6 Å². The largest absolute Gasteiger partial charge is 0.426 e. The minimum Gasteiger partial charge on any atom is -0.426 e. The summed E-state index contributed by atoms with van der Waals surface area (Å²) in [5.41, 5.74) is 3.64. The number of hydrogen-bond donors (Lipinski definition) is 1. The molecule has 0 spiro atoms. The van der Waals surface area contributed by atoms with Crippen LogP contribution >= 0.6 is 23.2 Å². The lowest BCUT2D eigenvalue weighted by molar-refractivity contribution is -0.132. The molecule has 48 heavy (non-hydrogen) atoms. The van der Waals surface area contributed by atoms with Crippen LogP contribution in [0.15, 0.2) is 66.7 Å². The van der Waals surface area contributed by atoms with Gasteiger partial charge in [-0.15, -0.1) is 23.2 Å². The van der Waals surface area contributed by atoms with E-state index in [-0.39, 0.29) is 35.0 Å². The highest BCUT2D eigenvalue weighted by Gasteiger charge is 2.39. The van der Waals surface area contributed by atoms with Gasteiger partial charge in [-0.25, -0.2) is 0 Å². The maximum atomic E-state index is 14.3. The molecule has 7 rings (SSSR count). The van der Waals surface area contributed by atoms with Gasteiger partial charge in [-0.05, 0) is 28.0 Å². The molecule has 12 heteroatoms. The molecule has 0 saturated carbocycles. The highest BCUT2D eigenvalue weighted by atomic mass is 35.5. The lowest BCUT2D eigenvalue weighted by atomic mass is 9.95. The molecule has 3 atom stereocenters. The molecule has 0 fully saturated rings. The molecule has 1 N–H and O–H groups in total. The maximum absolute atomic E-state index is 14.3. The van der Waals surface area contributed by atoms with Gasteiger partial charge in [-0.1, -0.05) is 48.5 Å². The average molecular weight is 688 g/mol. The second kappa shape index (κ2) is 12.4. The van der Waals surface area contributed by atoms with Crippen LogP contribution in [0.25, 0.3) is 21.5 Å². The molecule has 10 nitrogen and oxygen atoms in total. The van der Waals surface area contributed by atoms with Crippen molar-refractivity contribution in [1.29, 1.82) is 0 Å². The van der Waals surface area contributed by atoms with Gasteiger partial charge in [0.2, 0.25) is 0 Å². The number of halogens is 2. The van der Waals surface area contributed by atoms with Crippen LogP contribution in [0, 0.1) is 0 Å². The second-order valence-corrected chi connectivity index (χ2v) is 12.7. The number of anilines is 2. The molecule has 1 aromatic heterocycles. The Kier molecular flexibility index (Phi) is 8.27. The highest BCUT2D eigenvalue weighted by Crippen LogP contribution is 2.49. The number of aliphatic hydroxyl groups is 1. The van der Waals surface area contributed by atoms with E-state index in [4.69, 9.17) is 32.7 Å². The molecule has 246 valence electrons. The van der Waals surface area contributed by atoms with Crippen molar-refractivity contribution in [2.24, 2.45) is 7.05 Å². The molecular weight excluding hydrogens is 655 g/mol. The molecule has 5 aromatic rings. The number of rotatable bonds is 7. The van der Waals surface area contributed by atoms with Crippen LogP contribution in [0.2, 0.25) is 0 Å².